The monoisotopic (exact) mass is 259 g/mol. The smallest absolute Gasteiger partial charge is 0.228 e. The summed E-state index contributed by atoms with van der Waals surface area (Å²) >= 11 is 5.82. The Balaban J connectivity index is 2.03. The predicted molar refractivity (Wildman–Crippen MR) is 74.8 cm³/mol. The normalized spacial score (nSPS) is 10.1. The molecule has 2 rings (SSSR count). The standard InChI is InChI=1S/C15H14ClNO/c16-11-13-8-4-5-9-14(13)17-15(18)10-12-6-2-1-3-7-12/h1-9H,10-11H2,(H,17,18). The van der Waals surface area contributed by atoms with E-state index in [-0.39, 0.29) is 5.91 Å². The lowest BCUT2D eigenvalue weighted by atomic mass is 10.1. The molecule has 18 heavy (non-hydrogen) atoms. The molecule has 0 fully saturated rings. The minimum absolute atomic E-state index is 0.0289. The molecule has 0 atom stereocenters. The Morgan fingerprint density at radius 2 is 1.67 bits per heavy atom. The number of anilines is 1. The van der Waals surface area contributed by atoms with E-state index < -0.39 is 0 Å². The van der Waals surface area contributed by atoms with Crippen molar-refractivity contribution in [1.29, 1.82) is 0 Å². The van der Waals surface area contributed by atoms with Crippen molar-refractivity contribution in [3.63, 3.8) is 0 Å². The summed E-state index contributed by atoms with van der Waals surface area (Å²) in [4.78, 5) is 11.9. The van der Waals surface area contributed by atoms with Gasteiger partial charge in [-0.1, -0.05) is 48.5 Å². The third-order valence-electron chi connectivity index (χ3n) is 2.64. The lowest BCUT2D eigenvalue weighted by molar-refractivity contribution is -0.115. The van der Waals surface area contributed by atoms with Crippen LogP contribution in [0.5, 0.6) is 0 Å². The maximum atomic E-state index is 11.9. The van der Waals surface area contributed by atoms with E-state index >= 15 is 0 Å². The van der Waals surface area contributed by atoms with Gasteiger partial charge in [-0.2, -0.15) is 0 Å². The molecule has 0 saturated heterocycles. The number of carbonyl (C=O) groups excluding carboxylic acids is 1. The second kappa shape index (κ2) is 6.22. The molecule has 0 aliphatic carbocycles. The molecule has 0 bridgehead atoms. The average molecular weight is 260 g/mol. The molecule has 0 aliphatic rings. The van der Waals surface area contributed by atoms with E-state index in [2.05, 4.69) is 5.32 Å². The Labute approximate surface area is 112 Å². The van der Waals surface area contributed by atoms with Crippen molar-refractivity contribution in [3.05, 3.63) is 65.7 Å². The number of carbonyl (C=O) groups is 1. The zero-order chi connectivity index (χ0) is 12.8. The van der Waals surface area contributed by atoms with Crippen molar-refractivity contribution < 1.29 is 4.79 Å². The molecule has 0 spiro atoms. The Kier molecular flexibility index (Phi) is 4.37. The van der Waals surface area contributed by atoms with Crippen molar-refractivity contribution in [2.24, 2.45) is 0 Å². The molecule has 0 unspecified atom stereocenters. The Morgan fingerprint density at radius 3 is 2.39 bits per heavy atom. The highest BCUT2D eigenvalue weighted by Crippen LogP contribution is 2.17. The van der Waals surface area contributed by atoms with Crippen molar-refractivity contribution in [3.8, 4) is 0 Å². The lowest BCUT2D eigenvalue weighted by Gasteiger charge is -2.09. The minimum atomic E-state index is -0.0289. The number of para-hydroxylation sites is 1. The predicted octanol–water partition coefficient (Wildman–Crippen LogP) is 3.61. The van der Waals surface area contributed by atoms with E-state index in [1.54, 1.807) is 0 Å². The molecule has 2 nitrogen and oxygen atoms in total. The summed E-state index contributed by atoms with van der Waals surface area (Å²) in [6.45, 7) is 0. The third-order valence-corrected chi connectivity index (χ3v) is 2.93. The van der Waals surface area contributed by atoms with Crippen molar-refractivity contribution in [1.82, 2.24) is 0 Å². The molecule has 0 aliphatic heterocycles. The maximum Gasteiger partial charge on any atom is 0.228 e. The van der Waals surface area contributed by atoms with Crippen LogP contribution in [0.25, 0.3) is 0 Å². The molecule has 0 saturated carbocycles. The first-order valence-corrected chi connectivity index (χ1v) is 6.30. The highest BCUT2D eigenvalue weighted by atomic mass is 35.5. The summed E-state index contributed by atoms with van der Waals surface area (Å²) in [6, 6.07) is 17.2. The largest absolute Gasteiger partial charge is 0.326 e. The van der Waals surface area contributed by atoms with Gasteiger partial charge < -0.3 is 5.32 Å². The van der Waals surface area contributed by atoms with Crippen molar-refractivity contribution in [2.45, 2.75) is 12.3 Å². The van der Waals surface area contributed by atoms with Gasteiger partial charge in [0.1, 0.15) is 0 Å². The van der Waals surface area contributed by atoms with E-state index in [1.807, 2.05) is 54.6 Å². The molecular weight excluding hydrogens is 246 g/mol. The van der Waals surface area contributed by atoms with E-state index in [0.717, 1.165) is 16.8 Å². The van der Waals surface area contributed by atoms with Gasteiger partial charge in [0, 0.05) is 11.6 Å². The van der Waals surface area contributed by atoms with Crippen LogP contribution in [0, 0.1) is 0 Å². The number of nitrogens with one attached hydrogen (secondary N) is 1. The van der Waals surface area contributed by atoms with Crippen molar-refractivity contribution >= 4 is 23.2 Å². The lowest BCUT2D eigenvalue weighted by Crippen LogP contribution is -2.15. The van der Waals surface area contributed by atoms with Crippen LogP contribution in [-0.4, -0.2) is 5.91 Å². The number of amides is 1. The molecule has 0 radical (unpaired) electrons. The van der Waals surface area contributed by atoms with Crippen LogP contribution >= 0.6 is 11.6 Å². The zero-order valence-corrected chi connectivity index (χ0v) is 10.7. The third kappa shape index (κ3) is 3.34. The van der Waals surface area contributed by atoms with Crippen LogP contribution in [0.3, 0.4) is 0 Å². The zero-order valence-electron chi connectivity index (χ0n) is 9.90. The average Bonchev–Trinajstić information content (AvgIpc) is 2.40. The van der Waals surface area contributed by atoms with Crippen LogP contribution in [0.1, 0.15) is 11.1 Å². The fourth-order valence-corrected chi connectivity index (χ4v) is 1.97. The highest BCUT2D eigenvalue weighted by Gasteiger charge is 2.06. The fourth-order valence-electron chi connectivity index (χ4n) is 1.73. The van der Waals surface area contributed by atoms with Gasteiger partial charge >= 0.3 is 0 Å². The molecular formula is C15H14ClNO. The molecule has 1 amide bonds. The summed E-state index contributed by atoms with van der Waals surface area (Å²) in [6.07, 6.45) is 0.372. The van der Waals surface area contributed by atoms with Crippen LogP contribution in [-0.2, 0) is 17.1 Å². The van der Waals surface area contributed by atoms with Crippen LogP contribution in [0.2, 0.25) is 0 Å². The first kappa shape index (κ1) is 12.7. The van der Waals surface area contributed by atoms with Gasteiger partial charge in [-0.15, -0.1) is 11.6 Å². The van der Waals surface area contributed by atoms with Gasteiger partial charge in [-0.05, 0) is 17.2 Å². The highest BCUT2D eigenvalue weighted by molar-refractivity contribution is 6.17. The Hall–Kier alpha value is -1.80. The molecule has 0 aromatic heterocycles. The number of hydrogen-bond donors (Lipinski definition) is 1. The van der Waals surface area contributed by atoms with Gasteiger partial charge in [-0.3, -0.25) is 4.79 Å². The van der Waals surface area contributed by atoms with Crippen LogP contribution in [0.4, 0.5) is 5.69 Å². The number of alkyl halides is 1. The van der Waals surface area contributed by atoms with Crippen molar-refractivity contribution in [2.75, 3.05) is 5.32 Å². The number of hydrogen-bond acceptors (Lipinski definition) is 1. The molecule has 0 heterocycles. The topological polar surface area (TPSA) is 29.1 Å². The minimum Gasteiger partial charge on any atom is -0.326 e. The Bertz CT molecular complexity index is 525. The summed E-state index contributed by atoms with van der Waals surface area (Å²) < 4.78 is 0. The molecule has 1 N–H and O–H groups in total. The first-order valence-electron chi connectivity index (χ1n) is 5.77. The van der Waals surface area contributed by atoms with Crippen LogP contribution in [0.15, 0.2) is 54.6 Å². The second-order valence-corrected chi connectivity index (χ2v) is 4.27. The van der Waals surface area contributed by atoms with Crippen LogP contribution < -0.4 is 5.32 Å². The van der Waals surface area contributed by atoms with Gasteiger partial charge in [-0.25, -0.2) is 0 Å². The fraction of sp³-hybridized carbons (Fsp3) is 0.133. The second-order valence-electron chi connectivity index (χ2n) is 4.00. The maximum absolute atomic E-state index is 11.9. The summed E-state index contributed by atoms with van der Waals surface area (Å²) in [5.74, 6) is 0.362. The molecule has 2 aromatic carbocycles. The first-order chi connectivity index (χ1) is 8.79. The number of rotatable bonds is 4. The number of benzene rings is 2. The SMILES string of the molecule is O=C(Cc1ccccc1)Nc1ccccc1CCl. The molecule has 2 aromatic rings. The van der Waals surface area contributed by atoms with Gasteiger partial charge in [0.25, 0.3) is 0 Å². The molecule has 92 valence electrons. The summed E-state index contributed by atoms with van der Waals surface area (Å²) in [5.41, 5.74) is 2.72. The summed E-state index contributed by atoms with van der Waals surface area (Å²) in [5, 5.41) is 2.89. The van der Waals surface area contributed by atoms with Gasteiger partial charge in [0.05, 0.1) is 6.42 Å². The van der Waals surface area contributed by atoms with E-state index in [9.17, 15) is 4.79 Å². The summed E-state index contributed by atoms with van der Waals surface area (Å²) in [7, 11) is 0. The van der Waals surface area contributed by atoms with E-state index in [0.29, 0.717) is 12.3 Å². The number of halogens is 1. The van der Waals surface area contributed by atoms with E-state index in [1.165, 1.54) is 0 Å². The molecule has 3 heteroatoms. The van der Waals surface area contributed by atoms with Gasteiger partial charge in [0.15, 0.2) is 0 Å². The quantitative estimate of drug-likeness (QED) is 0.835. The van der Waals surface area contributed by atoms with Gasteiger partial charge in [0.2, 0.25) is 5.91 Å². The Morgan fingerprint density at radius 1 is 1.00 bits per heavy atom. The van der Waals surface area contributed by atoms with E-state index in [4.69, 9.17) is 11.6 Å².